The van der Waals surface area contributed by atoms with E-state index in [-0.39, 0.29) is 23.2 Å². The quantitative estimate of drug-likeness (QED) is 0.763. The van der Waals surface area contributed by atoms with E-state index in [9.17, 15) is 9.59 Å². The Balaban J connectivity index is 3.91. The molecule has 0 saturated heterocycles. The van der Waals surface area contributed by atoms with Gasteiger partial charge in [0.2, 0.25) is 11.8 Å². The van der Waals surface area contributed by atoms with Crippen molar-refractivity contribution in [3.05, 3.63) is 0 Å². The Bertz CT molecular complexity index is 229. The monoisotopic (exact) mass is 278 g/mol. The second-order valence-electron chi connectivity index (χ2n) is 4.01. The number of carbonyl (C=O) groups excluding carboxylic acids is 2. The van der Waals surface area contributed by atoms with E-state index in [0.29, 0.717) is 12.5 Å². The van der Waals surface area contributed by atoms with Gasteiger partial charge in [0, 0.05) is 13.6 Å². The van der Waals surface area contributed by atoms with Crippen molar-refractivity contribution >= 4 is 27.7 Å². The lowest BCUT2D eigenvalue weighted by atomic mass is 10.2. The second kappa shape index (κ2) is 6.82. The number of amides is 2. The van der Waals surface area contributed by atoms with Crippen LogP contribution >= 0.6 is 15.9 Å². The van der Waals surface area contributed by atoms with Crippen LogP contribution in [0.3, 0.4) is 0 Å². The van der Waals surface area contributed by atoms with Crippen LogP contribution in [0, 0.1) is 5.92 Å². The van der Waals surface area contributed by atoms with Crippen molar-refractivity contribution < 1.29 is 9.59 Å². The normalized spacial score (nSPS) is 12.4. The Morgan fingerprint density at radius 2 is 1.87 bits per heavy atom. The van der Waals surface area contributed by atoms with Gasteiger partial charge in [-0.05, 0) is 12.8 Å². The van der Waals surface area contributed by atoms with Gasteiger partial charge >= 0.3 is 0 Å². The van der Waals surface area contributed by atoms with Gasteiger partial charge in [0.25, 0.3) is 0 Å². The second-order valence-corrected chi connectivity index (χ2v) is 5.38. The molecular formula is C10H19BrN2O2. The third-order valence-corrected chi connectivity index (χ3v) is 2.20. The number of rotatable bonds is 5. The minimum atomic E-state index is -0.250. The summed E-state index contributed by atoms with van der Waals surface area (Å²) in [5, 5.41) is 2.76. The van der Waals surface area contributed by atoms with Crippen LogP contribution in [0.1, 0.15) is 20.8 Å². The summed E-state index contributed by atoms with van der Waals surface area (Å²) in [6.45, 7) is 6.54. The minimum absolute atomic E-state index is 0.0882. The minimum Gasteiger partial charge on any atom is -0.354 e. The van der Waals surface area contributed by atoms with Crippen LogP contribution in [0.25, 0.3) is 0 Å². The fourth-order valence-electron chi connectivity index (χ4n) is 0.971. The third-order valence-electron chi connectivity index (χ3n) is 1.80. The average molecular weight is 279 g/mol. The highest BCUT2D eigenvalue weighted by Gasteiger charge is 2.16. The van der Waals surface area contributed by atoms with Crippen LogP contribution in [0.15, 0.2) is 0 Å². The molecule has 0 bridgehead atoms. The Hall–Kier alpha value is -0.580. The standard InChI is InChI=1S/C10H19BrN2O2/c1-7(2)5-12-9(14)6-13(4)10(15)8(3)11/h7-8H,5-6H2,1-4H3,(H,12,14). The molecule has 15 heavy (non-hydrogen) atoms. The number of likely N-dealkylation sites (N-methyl/N-ethyl adjacent to an activating group) is 1. The SMILES string of the molecule is CC(C)CNC(=O)CN(C)C(=O)C(C)Br. The molecule has 1 atom stereocenters. The van der Waals surface area contributed by atoms with Crippen molar-refractivity contribution in [2.45, 2.75) is 25.6 Å². The molecule has 5 heteroatoms. The maximum atomic E-state index is 11.4. The number of hydrogen-bond acceptors (Lipinski definition) is 2. The summed E-state index contributed by atoms with van der Waals surface area (Å²) < 4.78 is 0. The van der Waals surface area contributed by atoms with Gasteiger partial charge in [-0.25, -0.2) is 0 Å². The lowest BCUT2D eigenvalue weighted by Crippen LogP contribution is -2.41. The van der Waals surface area contributed by atoms with Crippen molar-refractivity contribution in [2.24, 2.45) is 5.92 Å². The van der Waals surface area contributed by atoms with E-state index in [1.165, 1.54) is 4.90 Å². The fourth-order valence-corrected chi connectivity index (χ4v) is 1.32. The summed E-state index contributed by atoms with van der Waals surface area (Å²) in [6, 6.07) is 0. The number of alkyl halides is 1. The zero-order valence-corrected chi connectivity index (χ0v) is 11.3. The fraction of sp³-hybridized carbons (Fsp3) is 0.800. The Labute approximate surface area is 99.5 Å². The molecule has 0 aliphatic heterocycles. The molecule has 0 aliphatic carbocycles. The third kappa shape index (κ3) is 6.49. The van der Waals surface area contributed by atoms with Crippen LogP contribution in [-0.2, 0) is 9.59 Å². The highest BCUT2D eigenvalue weighted by molar-refractivity contribution is 9.10. The topological polar surface area (TPSA) is 49.4 Å². The molecule has 4 nitrogen and oxygen atoms in total. The van der Waals surface area contributed by atoms with E-state index >= 15 is 0 Å². The molecule has 2 amide bonds. The zero-order chi connectivity index (χ0) is 12.0. The first-order valence-corrected chi connectivity index (χ1v) is 5.92. The van der Waals surface area contributed by atoms with E-state index in [1.807, 2.05) is 13.8 Å². The summed E-state index contributed by atoms with van der Waals surface area (Å²) in [5.41, 5.74) is 0. The molecule has 1 N–H and O–H groups in total. The van der Waals surface area contributed by atoms with Crippen molar-refractivity contribution in [1.82, 2.24) is 10.2 Å². The summed E-state index contributed by atoms with van der Waals surface area (Å²) in [5.74, 6) is 0.215. The van der Waals surface area contributed by atoms with E-state index < -0.39 is 0 Å². The number of carbonyl (C=O) groups is 2. The largest absolute Gasteiger partial charge is 0.354 e. The lowest BCUT2D eigenvalue weighted by Gasteiger charge is -2.18. The number of nitrogens with one attached hydrogen (secondary N) is 1. The van der Waals surface area contributed by atoms with Crippen molar-refractivity contribution in [2.75, 3.05) is 20.1 Å². The zero-order valence-electron chi connectivity index (χ0n) is 9.71. The van der Waals surface area contributed by atoms with Gasteiger partial charge in [0.1, 0.15) is 0 Å². The predicted octanol–water partition coefficient (Wildman–Crippen LogP) is 1.00. The van der Waals surface area contributed by atoms with Gasteiger partial charge in [-0.3, -0.25) is 9.59 Å². The predicted molar refractivity (Wildman–Crippen MR) is 63.9 cm³/mol. The van der Waals surface area contributed by atoms with Crippen LogP contribution in [0.4, 0.5) is 0 Å². The summed E-state index contributed by atoms with van der Waals surface area (Å²) in [6.07, 6.45) is 0. The lowest BCUT2D eigenvalue weighted by molar-refractivity contribution is -0.134. The molecule has 0 rings (SSSR count). The molecule has 0 aromatic heterocycles. The Morgan fingerprint density at radius 1 is 1.33 bits per heavy atom. The summed E-state index contributed by atoms with van der Waals surface area (Å²) in [4.78, 5) is 23.9. The Kier molecular flexibility index (Phi) is 6.56. The summed E-state index contributed by atoms with van der Waals surface area (Å²) >= 11 is 3.17. The molecule has 88 valence electrons. The number of halogens is 1. The molecule has 0 aliphatic rings. The molecular weight excluding hydrogens is 260 g/mol. The van der Waals surface area contributed by atoms with Gasteiger partial charge in [-0.2, -0.15) is 0 Å². The van der Waals surface area contributed by atoms with E-state index in [2.05, 4.69) is 21.2 Å². The van der Waals surface area contributed by atoms with Crippen molar-refractivity contribution in [3.8, 4) is 0 Å². The molecule has 0 heterocycles. The number of hydrogen-bond donors (Lipinski definition) is 1. The number of nitrogens with zero attached hydrogens (tertiary/aromatic N) is 1. The maximum absolute atomic E-state index is 11.4. The smallest absolute Gasteiger partial charge is 0.239 e. The van der Waals surface area contributed by atoms with Crippen LogP contribution in [0.5, 0.6) is 0 Å². The van der Waals surface area contributed by atoms with E-state index in [4.69, 9.17) is 0 Å². The van der Waals surface area contributed by atoms with Gasteiger partial charge in [0.05, 0.1) is 11.4 Å². The molecule has 1 unspecified atom stereocenters. The molecule has 0 fully saturated rings. The first-order valence-electron chi connectivity index (χ1n) is 5.00. The van der Waals surface area contributed by atoms with E-state index in [1.54, 1.807) is 14.0 Å². The Morgan fingerprint density at radius 3 is 2.27 bits per heavy atom. The van der Waals surface area contributed by atoms with Crippen molar-refractivity contribution in [1.29, 1.82) is 0 Å². The molecule has 0 radical (unpaired) electrons. The average Bonchev–Trinajstić information content (AvgIpc) is 2.13. The van der Waals surface area contributed by atoms with Crippen LogP contribution in [0.2, 0.25) is 0 Å². The molecule has 0 saturated carbocycles. The van der Waals surface area contributed by atoms with Gasteiger partial charge in [-0.15, -0.1) is 0 Å². The highest BCUT2D eigenvalue weighted by Crippen LogP contribution is 2.01. The molecule has 0 spiro atoms. The first kappa shape index (κ1) is 14.4. The maximum Gasteiger partial charge on any atom is 0.239 e. The van der Waals surface area contributed by atoms with E-state index in [0.717, 1.165) is 0 Å². The van der Waals surface area contributed by atoms with Crippen LogP contribution in [-0.4, -0.2) is 41.7 Å². The summed E-state index contributed by atoms with van der Waals surface area (Å²) in [7, 11) is 1.62. The molecule has 0 aromatic rings. The van der Waals surface area contributed by atoms with Gasteiger partial charge < -0.3 is 10.2 Å². The molecule has 0 aromatic carbocycles. The van der Waals surface area contributed by atoms with Gasteiger partial charge in [-0.1, -0.05) is 29.8 Å². The van der Waals surface area contributed by atoms with Crippen molar-refractivity contribution in [3.63, 3.8) is 0 Å². The first-order chi connectivity index (χ1) is 6.84. The highest BCUT2D eigenvalue weighted by atomic mass is 79.9. The van der Waals surface area contributed by atoms with Crippen LogP contribution < -0.4 is 5.32 Å². The van der Waals surface area contributed by atoms with Gasteiger partial charge in [0.15, 0.2) is 0 Å².